The van der Waals surface area contributed by atoms with Gasteiger partial charge in [0, 0.05) is 5.56 Å². The molecule has 0 spiro atoms. The Kier molecular flexibility index (Phi) is 4.66. The van der Waals surface area contributed by atoms with Gasteiger partial charge in [0.15, 0.2) is 0 Å². The Morgan fingerprint density at radius 2 is 1.37 bits per heavy atom. The van der Waals surface area contributed by atoms with Crippen LogP contribution in [-0.2, 0) is 10.8 Å². The lowest BCUT2D eigenvalue weighted by molar-refractivity contribution is 0.368. The van der Waals surface area contributed by atoms with Crippen molar-refractivity contribution in [3.8, 4) is 5.75 Å². The normalized spacial score (nSPS) is 12.9. The fourth-order valence-electron chi connectivity index (χ4n) is 2.56. The molecular weight excluding hydrogens is 259 g/mol. The first kappa shape index (κ1) is 16.4. The number of aryl methyl sites for hydroxylation is 1. The van der Waals surface area contributed by atoms with Crippen molar-refractivity contribution in [1.29, 1.82) is 0 Å². The van der Waals surface area contributed by atoms with Crippen LogP contribution >= 0.6 is 8.60 Å². The predicted octanol–water partition coefficient (Wildman–Crippen LogP) is 4.18. The van der Waals surface area contributed by atoms with Crippen LogP contribution in [0.2, 0.25) is 0 Å². The fraction of sp³-hybridized carbons (Fsp3) is 0.600. The van der Waals surface area contributed by atoms with E-state index in [9.17, 15) is 0 Å². The molecule has 0 fully saturated rings. The maximum atomic E-state index is 9.16. The highest BCUT2D eigenvalue weighted by Crippen LogP contribution is 2.44. The lowest BCUT2D eigenvalue weighted by Crippen LogP contribution is -2.24. The molecule has 0 saturated carbocycles. The monoisotopic (exact) mass is 284 g/mol. The maximum absolute atomic E-state index is 9.16. The van der Waals surface area contributed by atoms with E-state index < -0.39 is 8.60 Å². The predicted molar refractivity (Wildman–Crippen MR) is 80.6 cm³/mol. The van der Waals surface area contributed by atoms with Crippen LogP contribution in [0.4, 0.5) is 0 Å². The van der Waals surface area contributed by atoms with Crippen molar-refractivity contribution >= 4 is 8.60 Å². The molecule has 0 aliphatic heterocycles. The van der Waals surface area contributed by atoms with Crippen molar-refractivity contribution in [3.05, 3.63) is 28.8 Å². The Morgan fingerprint density at radius 1 is 0.895 bits per heavy atom. The van der Waals surface area contributed by atoms with Gasteiger partial charge in [-0.1, -0.05) is 47.6 Å². The topological polar surface area (TPSA) is 49.7 Å². The molecule has 1 aromatic carbocycles. The average Bonchev–Trinajstić information content (AvgIpc) is 2.15. The summed E-state index contributed by atoms with van der Waals surface area (Å²) in [4.78, 5) is 18.3. The second kappa shape index (κ2) is 5.40. The minimum Gasteiger partial charge on any atom is -0.427 e. The number of hydrogen-bond donors (Lipinski definition) is 2. The summed E-state index contributed by atoms with van der Waals surface area (Å²) in [7, 11) is -2.40. The lowest BCUT2D eigenvalue weighted by Gasteiger charge is -2.33. The first-order valence-electron chi connectivity index (χ1n) is 6.45. The fourth-order valence-corrected chi connectivity index (χ4v) is 2.89. The van der Waals surface area contributed by atoms with Gasteiger partial charge in [0.1, 0.15) is 5.75 Å². The van der Waals surface area contributed by atoms with Gasteiger partial charge in [-0.15, -0.1) is 0 Å². The molecule has 0 unspecified atom stereocenters. The number of hydrogen-bond acceptors (Lipinski definition) is 3. The van der Waals surface area contributed by atoms with E-state index in [1.165, 1.54) is 11.1 Å². The molecule has 1 aromatic rings. The standard InChI is InChI=1S/C15H25O3P/c1-10-8-9-11(18-19(16)17)13(15(5,6)7)12(10)14(2,3)4/h8-9,16-17H,1-7H3. The van der Waals surface area contributed by atoms with Crippen molar-refractivity contribution in [3.63, 3.8) is 0 Å². The average molecular weight is 284 g/mol. The molecule has 2 N–H and O–H groups in total. The van der Waals surface area contributed by atoms with Crippen LogP contribution in [0.1, 0.15) is 58.2 Å². The van der Waals surface area contributed by atoms with Crippen molar-refractivity contribution in [2.24, 2.45) is 0 Å². The Hall–Kier alpha value is -0.630. The maximum Gasteiger partial charge on any atom is 0.391 e. The summed E-state index contributed by atoms with van der Waals surface area (Å²) >= 11 is 0. The molecule has 4 heteroatoms. The zero-order valence-electron chi connectivity index (χ0n) is 12.9. The van der Waals surface area contributed by atoms with Crippen LogP contribution in [0.15, 0.2) is 12.1 Å². The molecule has 19 heavy (non-hydrogen) atoms. The quantitative estimate of drug-likeness (QED) is 0.801. The molecular formula is C15H25O3P. The van der Waals surface area contributed by atoms with Gasteiger partial charge in [-0.3, -0.25) is 0 Å². The Morgan fingerprint density at radius 3 is 1.74 bits per heavy atom. The van der Waals surface area contributed by atoms with E-state index >= 15 is 0 Å². The molecule has 108 valence electrons. The van der Waals surface area contributed by atoms with Crippen LogP contribution in [0.3, 0.4) is 0 Å². The summed E-state index contributed by atoms with van der Waals surface area (Å²) in [6.45, 7) is 14.9. The lowest BCUT2D eigenvalue weighted by atomic mass is 9.73. The third-order valence-corrected chi connectivity index (χ3v) is 3.42. The third kappa shape index (κ3) is 3.92. The molecule has 3 nitrogen and oxygen atoms in total. The molecule has 0 atom stereocenters. The van der Waals surface area contributed by atoms with Crippen LogP contribution in [0.25, 0.3) is 0 Å². The molecule has 1 rings (SSSR count). The van der Waals surface area contributed by atoms with E-state index in [4.69, 9.17) is 14.3 Å². The molecule has 0 heterocycles. The van der Waals surface area contributed by atoms with Gasteiger partial charge >= 0.3 is 8.60 Å². The van der Waals surface area contributed by atoms with Gasteiger partial charge < -0.3 is 14.3 Å². The van der Waals surface area contributed by atoms with E-state index in [2.05, 4.69) is 48.5 Å². The van der Waals surface area contributed by atoms with Crippen LogP contribution < -0.4 is 4.52 Å². The molecule has 0 radical (unpaired) electrons. The minimum atomic E-state index is -2.40. The molecule has 0 amide bonds. The smallest absolute Gasteiger partial charge is 0.391 e. The van der Waals surface area contributed by atoms with Gasteiger partial charge in [-0.2, -0.15) is 0 Å². The van der Waals surface area contributed by atoms with E-state index in [-0.39, 0.29) is 10.8 Å². The van der Waals surface area contributed by atoms with Gasteiger partial charge in [-0.25, -0.2) is 0 Å². The summed E-state index contributed by atoms with van der Waals surface area (Å²) in [6.07, 6.45) is 0. The van der Waals surface area contributed by atoms with E-state index in [0.29, 0.717) is 5.75 Å². The highest BCUT2D eigenvalue weighted by molar-refractivity contribution is 7.39. The number of rotatable bonds is 2. The molecule has 0 aliphatic rings. The molecule has 0 aliphatic carbocycles. The van der Waals surface area contributed by atoms with Crippen molar-refractivity contribution in [2.45, 2.75) is 59.3 Å². The van der Waals surface area contributed by atoms with Gasteiger partial charge in [0.25, 0.3) is 0 Å². The van der Waals surface area contributed by atoms with Crippen molar-refractivity contribution in [1.82, 2.24) is 0 Å². The summed E-state index contributed by atoms with van der Waals surface area (Å²) in [6, 6.07) is 3.80. The SMILES string of the molecule is Cc1ccc(OP(O)O)c(C(C)(C)C)c1C(C)(C)C. The molecule has 0 bridgehead atoms. The van der Waals surface area contributed by atoms with Crippen molar-refractivity contribution in [2.75, 3.05) is 0 Å². The number of benzene rings is 1. The molecule has 0 saturated heterocycles. The van der Waals surface area contributed by atoms with Crippen LogP contribution in [0, 0.1) is 6.92 Å². The summed E-state index contributed by atoms with van der Waals surface area (Å²) < 4.78 is 5.24. The van der Waals surface area contributed by atoms with Crippen LogP contribution in [0.5, 0.6) is 5.75 Å². The summed E-state index contributed by atoms with van der Waals surface area (Å²) in [5.74, 6) is 0.569. The zero-order valence-corrected chi connectivity index (χ0v) is 13.8. The molecule has 0 aromatic heterocycles. The van der Waals surface area contributed by atoms with Gasteiger partial charge in [0.05, 0.1) is 0 Å². The Labute approximate surface area is 117 Å². The minimum absolute atomic E-state index is 0.0280. The summed E-state index contributed by atoms with van der Waals surface area (Å²) in [5.41, 5.74) is 3.31. The second-order valence-electron chi connectivity index (χ2n) is 6.97. The van der Waals surface area contributed by atoms with E-state index in [1.807, 2.05) is 12.1 Å². The highest BCUT2D eigenvalue weighted by Gasteiger charge is 2.30. The van der Waals surface area contributed by atoms with E-state index in [1.54, 1.807) is 0 Å². The zero-order chi connectivity index (χ0) is 15.0. The van der Waals surface area contributed by atoms with Gasteiger partial charge in [-0.05, 0) is 34.9 Å². The summed E-state index contributed by atoms with van der Waals surface area (Å²) in [5, 5.41) is 0. The Balaban J connectivity index is 3.61. The first-order chi connectivity index (χ1) is 8.44. The van der Waals surface area contributed by atoms with E-state index in [0.717, 1.165) is 5.56 Å². The van der Waals surface area contributed by atoms with Gasteiger partial charge in [0.2, 0.25) is 0 Å². The largest absolute Gasteiger partial charge is 0.427 e. The third-order valence-electron chi connectivity index (χ3n) is 3.06. The second-order valence-corrected chi connectivity index (χ2v) is 7.66. The highest BCUT2D eigenvalue weighted by atomic mass is 31.2. The van der Waals surface area contributed by atoms with Crippen molar-refractivity contribution < 1.29 is 14.3 Å². The first-order valence-corrected chi connectivity index (χ1v) is 7.61. The Bertz CT molecular complexity index is 454. The van der Waals surface area contributed by atoms with Crippen LogP contribution in [-0.4, -0.2) is 9.79 Å².